The van der Waals surface area contributed by atoms with E-state index in [9.17, 15) is 14.7 Å². The molecule has 0 spiro atoms. The van der Waals surface area contributed by atoms with Crippen LogP contribution in [0.2, 0.25) is 0 Å². The second-order valence-corrected chi connectivity index (χ2v) is 5.55. The minimum absolute atomic E-state index is 0.259. The number of carboxylic acid groups (broad SMARTS) is 1. The number of carbonyl (C=O) groups is 2. The van der Waals surface area contributed by atoms with Gasteiger partial charge in [-0.25, -0.2) is 4.79 Å². The molecule has 6 heteroatoms. The SMILES string of the molecule is O=C(NC1(C(=O)O)CCOCC1)c1cccc(-c2ccoc2)c1. The van der Waals surface area contributed by atoms with E-state index < -0.39 is 17.4 Å². The first-order valence-corrected chi connectivity index (χ1v) is 7.37. The average Bonchev–Trinajstić information content (AvgIpc) is 3.10. The minimum Gasteiger partial charge on any atom is -0.480 e. The van der Waals surface area contributed by atoms with E-state index in [1.807, 2.05) is 6.07 Å². The number of benzene rings is 1. The number of rotatable bonds is 4. The van der Waals surface area contributed by atoms with E-state index in [2.05, 4.69) is 5.32 Å². The Morgan fingerprint density at radius 3 is 2.57 bits per heavy atom. The quantitative estimate of drug-likeness (QED) is 0.904. The summed E-state index contributed by atoms with van der Waals surface area (Å²) in [5, 5.41) is 12.2. The highest BCUT2D eigenvalue weighted by Crippen LogP contribution is 2.24. The predicted molar refractivity (Wildman–Crippen MR) is 82.0 cm³/mol. The topological polar surface area (TPSA) is 88.8 Å². The van der Waals surface area contributed by atoms with Gasteiger partial charge in [-0.3, -0.25) is 4.79 Å². The van der Waals surface area contributed by atoms with E-state index in [1.54, 1.807) is 36.8 Å². The third-order valence-electron chi connectivity index (χ3n) is 4.09. The van der Waals surface area contributed by atoms with Gasteiger partial charge in [-0.1, -0.05) is 12.1 Å². The molecule has 1 aromatic heterocycles. The van der Waals surface area contributed by atoms with Crippen molar-refractivity contribution in [2.24, 2.45) is 0 Å². The molecule has 120 valence electrons. The molecule has 1 aromatic carbocycles. The summed E-state index contributed by atoms with van der Waals surface area (Å²) in [7, 11) is 0. The molecule has 1 aliphatic rings. The highest BCUT2D eigenvalue weighted by Gasteiger charge is 2.41. The Morgan fingerprint density at radius 1 is 1.13 bits per heavy atom. The maximum absolute atomic E-state index is 12.5. The van der Waals surface area contributed by atoms with E-state index in [-0.39, 0.29) is 12.8 Å². The van der Waals surface area contributed by atoms with Crippen molar-refractivity contribution < 1.29 is 23.8 Å². The van der Waals surface area contributed by atoms with E-state index in [0.717, 1.165) is 11.1 Å². The van der Waals surface area contributed by atoms with Crippen LogP contribution in [-0.4, -0.2) is 35.7 Å². The second-order valence-electron chi connectivity index (χ2n) is 5.55. The fraction of sp³-hybridized carbons (Fsp3) is 0.294. The molecular weight excluding hydrogens is 298 g/mol. The number of carbonyl (C=O) groups excluding carboxylic acids is 1. The monoisotopic (exact) mass is 315 g/mol. The van der Waals surface area contributed by atoms with Crippen molar-refractivity contribution in [1.82, 2.24) is 5.32 Å². The minimum atomic E-state index is -1.26. The molecule has 0 bridgehead atoms. The number of amides is 1. The zero-order valence-corrected chi connectivity index (χ0v) is 12.5. The van der Waals surface area contributed by atoms with Crippen molar-refractivity contribution >= 4 is 11.9 Å². The van der Waals surface area contributed by atoms with Crippen molar-refractivity contribution in [2.45, 2.75) is 18.4 Å². The summed E-state index contributed by atoms with van der Waals surface area (Å²) in [6.45, 7) is 0.642. The van der Waals surface area contributed by atoms with Crippen molar-refractivity contribution in [3.63, 3.8) is 0 Å². The summed E-state index contributed by atoms with van der Waals surface area (Å²) in [6, 6.07) is 8.80. The molecule has 23 heavy (non-hydrogen) atoms. The summed E-state index contributed by atoms with van der Waals surface area (Å²) in [5.74, 6) is -1.43. The lowest BCUT2D eigenvalue weighted by atomic mass is 9.89. The Bertz CT molecular complexity index is 702. The molecule has 1 fully saturated rings. The largest absolute Gasteiger partial charge is 0.480 e. The molecule has 0 unspecified atom stereocenters. The number of carboxylic acids is 1. The predicted octanol–water partition coefficient (Wildman–Crippen LogP) is 2.31. The van der Waals surface area contributed by atoms with Gasteiger partial charge in [0.1, 0.15) is 5.54 Å². The molecule has 1 amide bonds. The first kappa shape index (κ1) is 15.3. The van der Waals surface area contributed by atoms with Crippen molar-refractivity contribution in [2.75, 3.05) is 13.2 Å². The number of ether oxygens (including phenoxy) is 1. The van der Waals surface area contributed by atoms with Gasteiger partial charge in [0.2, 0.25) is 0 Å². The molecule has 0 aliphatic carbocycles. The number of hydrogen-bond acceptors (Lipinski definition) is 4. The molecule has 1 aliphatic heterocycles. The second kappa shape index (κ2) is 6.26. The Hall–Kier alpha value is -2.60. The van der Waals surface area contributed by atoms with Gasteiger partial charge < -0.3 is 19.6 Å². The van der Waals surface area contributed by atoms with E-state index >= 15 is 0 Å². The average molecular weight is 315 g/mol. The molecule has 3 rings (SSSR count). The van der Waals surface area contributed by atoms with Crippen LogP contribution in [-0.2, 0) is 9.53 Å². The normalized spacial score (nSPS) is 16.7. The highest BCUT2D eigenvalue weighted by atomic mass is 16.5. The molecule has 0 saturated carbocycles. The first-order chi connectivity index (χ1) is 11.1. The van der Waals surface area contributed by atoms with Crippen LogP contribution in [0.1, 0.15) is 23.2 Å². The van der Waals surface area contributed by atoms with Crippen LogP contribution in [0, 0.1) is 0 Å². The lowest BCUT2D eigenvalue weighted by Crippen LogP contribution is -2.57. The molecule has 2 aromatic rings. The van der Waals surface area contributed by atoms with E-state index in [4.69, 9.17) is 9.15 Å². The van der Waals surface area contributed by atoms with Gasteiger partial charge in [0.25, 0.3) is 5.91 Å². The number of aliphatic carboxylic acids is 1. The zero-order valence-electron chi connectivity index (χ0n) is 12.5. The zero-order chi connectivity index (χ0) is 16.3. The fourth-order valence-corrected chi connectivity index (χ4v) is 2.67. The molecule has 0 atom stereocenters. The van der Waals surface area contributed by atoms with Crippen LogP contribution >= 0.6 is 0 Å². The molecular formula is C17H17NO5. The summed E-state index contributed by atoms with van der Waals surface area (Å²) in [4.78, 5) is 24.1. The van der Waals surface area contributed by atoms with Crippen molar-refractivity contribution in [3.8, 4) is 11.1 Å². The van der Waals surface area contributed by atoms with E-state index in [1.165, 1.54) is 0 Å². The third kappa shape index (κ3) is 3.12. The van der Waals surface area contributed by atoms with Crippen molar-refractivity contribution in [1.29, 1.82) is 0 Å². The van der Waals surface area contributed by atoms with Gasteiger partial charge in [-0.2, -0.15) is 0 Å². The maximum atomic E-state index is 12.5. The Labute approximate surface area is 133 Å². The fourth-order valence-electron chi connectivity index (χ4n) is 2.67. The summed E-state index contributed by atoms with van der Waals surface area (Å²) in [5.41, 5.74) is 0.846. The van der Waals surface area contributed by atoms with Gasteiger partial charge in [-0.05, 0) is 23.8 Å². The number of furan rings is 1. The van der Waals surface area contributed by atoms with Gasteiger partial charge >= 0.3 is 5.97 Å². The van der Waals surface area contributed by atoms with Gasteiger partial charge in [0.05, 0.1) is 12.5 Å². The molecule has 6 nitrogen and oxygen atoms in total. The summed E-state index contributed by atoms with van der Waals surface area (Å²) >= 11 is 0. The first-order valence-electron chi connectivity index (χ1n) is 7.37. The van der Waals surface area contributed by atoms with Gasteiger partial charge in [0.15, 0.2) is 0 Å². The van der Waals surface area contributed by atoms with E-state index in [0.29, 0.717) is 18.8 Å². The molecule has 0 radical (unpaired) electrons. The van der Waals surface area contributed by atoms with Crippen LogP contribution in [0.15, 0.2) is 47.3 Å². The highest BCUT2D eigenvalue weighted by molar-refractivity contribution is 5.98. The number of nitrogens with one attached hydrogen (secondary N) is 1. The lowest BCUT2D eigenvalue weighted by molar-refractivity contribution is -0.148. The Kier molecular flexibility index (Phi) is 4.16. The van der Waals surface area contributed by atoms with Gasteiger partial charge in [-0.15, -0.1) is 0 Å². The van der Waals surface area contributed by atoms with Crippen LogP contribution in [0.25, 0.3) is 11.1 Å². The van der Waals surface area contributed by atoms with Gasteiger partial charge in [0, 0.05) is 37.2 Å². The van der Waals surface area contributed by atoms with Crippen LogP contribution in [0.5, 0.6) is 0 Å². The van der Waals surface area contributed by atoms with Crippen LogP contribution < -0.4 is 5.32 Å². The molecule has 2 heterocycles. The lowest BCUT2D eigenvalue weighted by Gasteiger charge is -2.33. The summed E-state index contributed by atoms with van der Waals surface area (Å²) in [6.07, 6.45) is 3.67. The van der Waals surface area contributed by atoms with Crippen LogP contribution in [0.3, 0.4) is 0 Å². The summed E-state index contributed by atoms with van der Waals surface area (Å²) < 4.78 is 10.3. The molecule has 2 N–H and O–H groups in total. The smallest absolute Gasteiger partial charge is 0.329 e. The third-order valence-corrected chi connectivity index (χ3v) is 4.09. The van der Waals surface area contributed by atoms with Crippen LogP contribution in [0.4, 0.5) is 0 Å². The Morgan fingerprint density at radius 2 is 1.91 bits per heavy atom. The standard InChI is InChI=1S/C17H17NO5/c19-15(18-17(16(20)21)5-8-22-9-6-17)13-3-1-2-12(10-13)14-4-7-23-11-14/h1-4,7,10-11H,5-6,8-9H2,(H,18,19)(H,20,21). The number of hydrogen-bond donors (Lipinski definition) is 2. The maximum Gasteiger partial charge on any atom is 0.329 e. The Balaban J connectivity index is 1.83. The van der Waals surface area contributed by atoms with Crippen molar-refractivity contribution in [3.05, 3.63) is 48.4 Å². The molecule has 1 saturated heterocycles.